The Hall–Kier alpha value is -0.287. The van der Waals surface area contributed by atoms with Crippen LogP contribution in [0.1, 0.15) is 0 Å². The molecule has 0 nitrogen and oxygen atoms in total. The monoisotopic (exact) mass is 244 g/mol. The maximum Gasteiger partial charge on any atom is 2.00 e. The standard InChI is InChI=1S/2C5H5.Fe.Ni/c2*1-2-4-5-3-1;;/h2*1-5H;;/q2*-1;+2;. The molecule has 0 saturated heterocycles. The molecule has 0 amide bonds. The van der Waals surface area contributed by atoms with Crippen molar-refractivity contribution >= 4 is 0 Å². The third-order valence-electron chi connectivity index (χ3n) is 1.11. The van der Waals surface area contributed by atoms with Crippen LogP contribution in [0.5, 0.6) is 0 Å². The molecule has 0 heterocycles. The van der Waals surface area contributed by atoms with Crippen LogP contribution in [0.4, 0.5) is 0 Å². The summed E-state index contributed by atoms with van der Waals surface area (Å²) in [4.78, 5) is 0. The van der Waals surface area contributed by atoms with E-state index in [1.54, 1.807) is 0 Å². The van der Waals surface area contributed by atoms with Gasteiger partial charge in [-0.15, -0.1) is 0 Å². The van der Waals surface area contributed by atoms with Gasteiger partial charge in [-0.25, -0.2) is 24.3 Å². The van der Waals surface area contributed by atoms with Crippen molar-refractivity contribution in [3.8, 4) is 0 Å². The summed E-state index contributed by atoms with van der Waals surface area (Å²) >= 11 is 0. The van der Waals surface area contributed by atoms with Gasteiger partial charge in [0.05, 0.1) is 0 Å². The largest absolute Gasteiger partial charge is 2.00 e. The molecule has 12 heavy (non-hydrogen) atoms. The van der Waals surface area contributed by atoms with E-state index in [1.807, 2.05) is 60.7 Å². The predicted octanol–water partition coefficient (Wildman–Crippen LogP) is 2.81. The van der Waals surface area contributed by atoms with Crippen LogP contribution in [0, 0.1) is 0 Å². The van der Waals surface area contributed by atoms with Gasteiger partial charge in [-0.1, -0.05) is 0 Å². The van der Waals surface area contributed by atoms with Crippen LogP contribution in [0.2, 0.25) is 0 Å². The summed E-state index contributed by atoms with van der Waals surface area (Å²) in [5.41, 5.74) is 0. The zero-order valence-corrected chi connectivity index (χ0v) is 8.54. The van der Waals surface area contributed by atoms with Crippen LogP contribution in [0.3, 0.4) is 0 Å². The Balaban J connectivity index is 0. The van der Waals surface area contributed by atoms with E-state index in [9.17, 15) is 0 Å². The quantitative estimate of drug-likeness (QED) is 0.494. The third-order valence-corrected chi connectivity index (χ3v) is 1.11. The van der Waals surface area contributed by atoms with Crippen LogP contribution in [-0.4, -0.2) is 0 Å². The fourth-order valence-corrected chi connectivity index (χ4v) is 0.642. The Morgan fingerprint density at radius 3 is 0.917 bits per heavy atom. The molecule has 2 rings (SSSR count). The van der Waals surface area contributed by atoms with E-state index in [0.717, 1.165) is 0 Å². The SMILES string of the molecule is [Fe+2].[Ni].c1cc[cH-]c1.c1cc[cH-]c1. The molecule has 2 heteroatoms. The Morgan fingerprint density at radius 2 is 0.833 bits per heavy atom. The summed E-state index contributed by atoms with van der Waals surface area (Å²) in [6.07, 6.45) is 0. The normalized spacial score (nSPS) is 6.67. The van der Waals surface area contributed by atoms with Crippen LogP contribution in [0.25, 0.3) is 0 Å². The fraction of sp³-hybridized carbons (Fsp3) is 0. The summed E-state index contributed by atoms with van der Waals surface area (Å²) in [5, 5.41) is 0. The summed E-state index contributed by atoms with van der Waals surface area (Å²) < 4.78 is 0. The van der Waals surface area contributed by atoms with Gasteiger partial charge >= 0.3 is 17.1 Å². The van der Waals surface area contributed by atoms with Gasteiger partial charge in [0.15, 0.2) is 0 Å². The van der Waals surface area contributed by atoms with Gasteiger partial charge in [0, 0.05) is 16.5 Å². The Kier molecular flexibility index (Phi) is 12.7. The number of rotatable bonds is 0. The third kappa shape index (κ3) is 7.82. The second-order valence-corrected chi connectivity index (χ2v) is 1.92. The molecule has 0 unspecified atom stereocenters. The Morgan fingerprint density at radius 1 is 0.583 bits per heavy atom. The molecule has 0 radical (unpaired) electrons. The first-order valence-electron chi connectivity index (χ1n) is 3.33. The summed E-state index contributed by atoms with van der Waals surface area (Å²) in [5.74, 6) is 0. The van der Waals surface area contributed by atoms with Gasteiger partial charge in [-0.05, 0) is 0 Å². The maximum absolute atomic E-state index is 2.00. The van der Waals surface area contributed by atoms with Crippen molar-refractivity contribution in [3.05, 3.63) is 60.7 Å². The maximum atomic E-state index is 2.00. The molecule has 0 aromatic heterocycles. The molecule has 2 aromatic carbocycles. The minimum absolute atomic E-state index is 0. The molecule has 0 N–H and O–H groups in total. The van der Waals surface area contributed by atoms with Crippen molar-refractivity contribution in [2.45, 2.75) is 0 Å². The molecule has 0 aliphatic carbocycles. The van der Waals surface area contributed by atoms with E-state index in [4.69, 9.17) is 0 Å². The molecule has 68 valence electrons. The van der Waals surface area contributed by atoms with E-state index in [-0.39, 0.29) is 33.6 Å². The smallest absolute Gasteiger partial charge is 0.214 e. The minimum Gasteiger partial charge on any atom is -0.214 e. The topological polar surface area (TPSA) is 0 Å². The van der Waals surface area contributed by atoms with Crippen LogP contribution in [-0.2, 0) is 33.6 Å². The van der Waals surface area contributed by atoms with Crippen molar-refractivity contribution in [1.29, 1.82) is 0 Å². The van der Waals surface area contributed by atoms with Crippen LogP contribution in [0.15, 0.2) is 60.7 Å². The van der Waals surface area contributed by atoms with Gasteiger partial charge < -0.3 is 0 Å². The van der Waals surface area contributed by atoms with Crippen molar-refractivity contribution in [2.75, 3.05) is 0 Å². The predicted molar refractivity (Wildman–Crippen MR) is 44.1 cm³/mol. The Bertz CT molecular complexity index is 149. The first-order valence-corrected chi connectivity index (χ1v) is 3.33. The molecular formula is C10H10FeNi. The first-order chi connectivity index (χ1) is 5.00. The van der Waals surface area contributed by atoms with Gasteiger partial charge in [0.2, 0.25) is 0 Å². The van der Waals surface area contributed by atoms with Crippen LogP contribution >= 0.6 is 0 Å². The van der Waals surface area contributed by atoms with Crippen molar-refractivity contribution < 1.29 is 33.6 Å². The first kappa shape index (κ1) is 14.2. The molecule has 0 spiro atoms. The summed E-state index contributed by atoms with van der Waals surface area (Å²) in [7, 11) is 0. The zero-order valence-electron chi connectivity index (χ0n) is 6.44. The minimum atomic E-state index is 0. The molecule has 0 bridgehead atoms. The molecule has 2 aromatic rings. The van der Waals surface area contributed by atoms with E-state index in [2.05, 4.69) is 0 Å². The van der Waals surface area contributed by atoms with Crippen molar-refractivity contribution in [3.63, 3.8) is 0 Å². The zero-order chi connectivity index (χ0) is 7.07. The second kappa shape index (κ2) is 10.7. The van der Waals surface area contributed by atoms with Crippen LogP contribution < -0.4 is 0 Å². The summed E-state index contributed by atoms with van der Waals surface area (Å²) in [6, 6.07) is 20.0. The van der Waals surface area contributed by atoms with E-state index >= 15 is 0 Å². The second-order valence-electron chi connectivity index (χ2n) is 1.92. The number of hydrogen-bond acceptors (Lipinski definition) is 0. The molecule has 0 saturated carbocycles. The van der Waals surface area contributed by atoms with E-state index in [0.29, 0.717) is 0 Å². The summed E-state index contributed by atoms with van der Waals surface area (Å²) in [6.45, 7) is 0. The van der Waals surface area contributed by atoms with E-state index in [1.165, 1.54) is 0 Å². The average Bonchev–Trinajstić information content (AvgIpc) is 2.67. The molecule has 0 fully saturated rings. The van der Waals surface area contributed by atoms with E-state index < -0.39 is 0 Å². The van der Waals surface area contributed by atoms with Gasteiger partial charge in [0.25, 0.3) is 0 Å². The van der Waals surface area contributed by atoms with Crippen molar-refractivity contribution in [1.82, 2.24) is 0 Å². The van der Waals surface area contributed by atoms with Gasteiger partial charge in [0.1, 0.15) is 0 Å². The molecule has 0 aliphatic heterocycles. The fourth-order valence-electron chi connectivity index (χ4n) is 0.642. The Labute approximate surface area is 94.1 Å². The molecule has 0 atom stereocenters. The van der Waals surface area contributed by atoms with Crippen molar-refractivity contribution in [2.24, 2.45) is 0 Å². The number of hydrogen-bond donors (Lipinski definition) is 0. The molecule has 0 aliphatic rings. The average molecular weight is 245 g/mol. The van der Waals surface area contributed by atoms with Gasteiger partial charge in [-0.3, -0.25) is 0 Å². The van der Waals surface area contributed by atoms with Gasteiger partial charge in [-0.2, -0.15) is 36.4 Å². The molecular weight excluding hydrogens is 235 g/mol.